The molecule has 0 fully saturated rings. The van der Waals surface area contributed by atoms with E-state index in [4.69, 9.17) is 12.2 Å². The summed E-state index contributed by atoms with van der Waals surface area (Å²) in [6, 6.07) is 12.6. The van der Waals surface area contributed by atoms with Crippen LogP contribution in [0.1, 0.15) is 34.5 Å². The Kier molecular flexibility index (Phi) is 3.24. The van der Waals surface area contributed by atoms with Crippen LogP contribution in [0, 0.1) is 3.95 Å². The Labute approximate surface area is 137 Å². The number of aromatic amines is 1. The number of pyridine rings is 1. The third-order valence-electron chi connectivity index (χ3n) is 4.02. The molecule has 0 bridgehead atoms. The summed E-state index contributed by atoms with van der Waals surface area (Å²) in [4.78, 5) is 4.27. The van der Waals surface area contributed by atoms with Gasteiger partial charge in [-0.1, -0.05) is 47.2 Å². The van der Waals surface area contributed by atoms with Gasteiger partial charge >= 0.3 is 0 Å². The molecule has 1 aromatic carbocycles. The van der Waals surface area contributed by atoms with Crippen LogP contribution in [-0.4, -0.2) is 15.2 Å². The smallest absolute Gasteiger partial charge is 0.176 e. The van der Waals surface area contributed by atoms with Crippen LogP contribution in [0.5, 0.6) is 0 Å². The van der Waals surface area contributed by atoms with E-state index in [0.717, 1.165) is 14.5 Å². The van der Waals surface area contributed by atoms with Crippen molar-refractivity contribution in [2.75, 3.05) is 0 Å². The number of fused-ring (bicyclic) bond motifs is 1. The maximum absolute atomic E-state index is 5.20. The maximum atomic E-state index is 5.20. The summed E-state index contributed by atoms with van der Waals surface area (Å²) in [6.07, 6.45) is 3.72. The SMILES string of the molecule is CC1=C(c2cccnc2)c2ccccc2C1c1n[nH]c(=S)s1. The first-order chi connectivity index (χ1) is 10.8. The average Bonchev–Trinajstić information content (AvgIpc) is 3.08. The van der Waals surface area contributed by atoms with E-state index in [1.54, 1.807) is 17.5 Å². The van der Waals surface area contributed by atoms with Gasteiger partial charge in [-0.25, -0.2) is 0 Å². The molecule has 4 rings (SSSR count). The van der Waals surface area contributed by atoms with Crippen LogP contribution in [0.25, 0.3) is 5.57 Å². The van der Waals surface area contributed by atoms with Crippen LogP contribution in [0.4, 0.5) is 0 Å². The number of nitrogens with zero attached hydrogens (tertiary/aromatic N) is 2. The topological polar surface area (TPSA) is 41.6 Å². The quantitative estimate of drug-likeness (QED) is 0.703. The lowest BCUT2D eigenvalue weighted by Gasteiger charge is -2.09. The third kappa shape index (κ3) is 2.05. The van der Waals surface area contributed by atoms with E-state index in [-0.39, 0.29) is 5.92 Å². The van der Waals surface area contributed by atoms with Crippen LogP contribution in [-0.2, 0) is 0 Å². The Balaban J connectivity index is 1.97. The summed E-state index contributed by atoms with van der Waals surface area (Å²) in [5, 5.41) is 8.34. The minimum Gasteiger partial charge on any atom is -0.264 e. The van der Waals surface area contributed by atoms with Gasteiger partial charge in [-0.2, -0.15) is 5.10 Å². The van der Waals surface area contributed by atoms with Crippen LogP contribution in [0.15, 0.2) is 54.4 Å². The fourth-order valence-corrected chi connectivity index (χ4v) is 4.24. The zero-order valence-electron chi connectivity index (χ0n) is 11.9. The van der Waals surface area contributed by atoms with Gasteiger partial charge in [0.15, 0.2) is 3.95 Å². The van der Waals surface area contributed by atoms with Crippen LogP contribution < -0.4 is 0 Å². The van der Waals surface area contributed by atoms with Crippen molar-refractivity contribution in [1.29, 1.82) is 0 Å². The summed E-state index contributed by atoms with van der Waals surface area (Å²) < 4.78 is 0.718. The number of hydrogen-bond donors (Lipinski definition) is 1. The molecule has 0 saturated heterocycles. The van der Waals surface area contributed by atoms with Gasteiger partial charge < -0.3 is 0 Å². The van der Waals surface area contributed by atoms with Crippen molar-refractivity contribution in [3.63, 3.8) is 0 Å². The number of rotatable bonds is 2. The Morgan fingerprint density at radius 1 is 1.18 bits per heavy atom. The molecule has 3 nitrogen and oxygen atoms in total. The van der Waals surface area contributed by atoms with Crippen LogP contribution in [0.2, 0.25) is 0 Å². The average molecular weight is 323 g/mol. The molecule has 108 valence electrons. The van der Waals surface area contributed by atoms with Crippen molar-refractivity contribution < 1.29 is 0 Å². The molecular weight excluding hydrogens is 310 g/mol. The van der Waals surface area contributed by atoms with Gasteiger partial charge in [0.25, 0.3) is 0 Å². The number of H-pyrrole nitrogens is 1. The molecular formula is C17H13N3S2. The van der Waals surface area contributed by atoms with E-state index in [1.165, 1.54) is 22.3 Å². The highest BCUT2D eigenvalue weighted by Gasteiger charge is 2.32. The Morgan fingerprint density at radius 3 is 2.77 bits per heavy atom. The highest BCUT2D eigenvalue weighted by molar-refractivity contribution is 7.73. The molecule has 2 heterocycles. The van der Waals surface area contributed by atoms with Gasteiger partial charge in [0, 0.05) is 18.0 Å². The molecule has 1 unspecified atom stereocenters. The van der Waals surface area contributed by atoms with E-state index < -0.39 is 0 Å². The van der Waals surface area contributed by atoms with Crippen molar-refractivity contribution in [1.82, 2.24) is 15.2 Å². The second-order valence-electron chi connectivity index (χ2n) is 5.27. The number of nitrogens with one attached hydrogen (secondary N) is 1. The van der Waals surface area contributed by atoms with Gasteiger partial charge in [0.1, 0.15) is 5.01 Å². The van der Waals surface area contributed by atoms with Crippen molar-refractivity contribution in [3.05, 3.63) is 80.0 Å². The largest absolute Gasteiger partial charge is 0.264 e. The molecule has 5 heteroatoms. The molecule has 0 spiro atoms. The molecule has 1 atom stereocenters. The van der Waals surface area contributed by atoms with Crippen molar-refractivity contribution in [2.45, 2.75) is 12.8 Å². The van der Waals surface area contributed by atoms with E-state index in [9.17, 15) is 0 Å². The minimum atomic E-state index is 0.171. The van der Waals surface area contributed by atoms with Crippen molar-refractivity contribution in [3.8, 4) is 0 Å². The number of aromatic nitrogens is 3. The number of benzene rings is 1. The van der Waals surface area contributed by atoms with Crippen molar-refractivity contribution in [2.24, 2.45) is 0 Å². The predicted octanol–water partition coefficient (Wildman–Crippen LogP) is 4.56. The standard InChI is InChI=1S/C17H13N3S2/c1-10-14(11-5-4-8-18-9-11)12-6-2-3-7-13(12)15(10)16-19-20-17(21)22-16/h2-9,15H,1H3,(H,20,21). The molecule has 3 aromatic rings. The van der Waals surface area contributed by atoms with E-state index >= 15 is 0 Å². The number of hydrogen-bond acceptors (Lipinski definition) is 4. The molecule has 1 aliphatic rings. The monoisotopic (exact) mass is 323 g/mol. The zero-order valence-corrected chi connectivity index (χ0v) is 13.5. The van der Waals surface area contributed by atoms with E-state index in [1.807, 2.05) is 12.3 Å². The Morgan fingerprint density at radius 2 is 2.05 bits per heavy atom. The predicted molar refractivity (Wildman–Crippen MR) is 91.5 cm³/mol. The minimum absolute atomic E-state index is 0.171. The molecule has 1 aliphatic carbocycles. The Bertz CT molecular complexity index is 922. The first-order valence-electron chi connectivity index (χ1n) is 7.01. The van der Waals surface area contributed by atoms with Crippen LogP contribution >= 0.6 is 23.6 Å². The van der Waals surface area contributed by atoms with Crippen LogP contribution in [0.3, 0.4) is 0 Å². The normalized spacial score (nSPS) is 16.9. The molecule has 0 aliphatic heterocycles. The molecule has 0 radical (unpaired) electrons. The fraction of sp³-hybridized carbons (Fsp3) is 0.118. The first-order valence-corrected chi connectivity index (χ1v) is 8.24. The maximum Gasteiger partial charge on any atom is 0.176 e. The van der Waals surface area contributed by atoms with Gasteiger partial charge in [-0.3, -0.25) is 10.1 Å². The van der Waals surface area contributed by atoms with Gasteiger partial charge in [0.05, 0.1) is 5.92 Å². The summed E-state index contributed by atoms with van der Waals surface area (Å²) in [5.41, 5.74) is 6.26. The van der Waals surface area contributed by atoms with Gasteiger partial charge in [0.2, 0.25) is 0 Å². The highest BCUT2D eigenvalue weighted by Crippen LogP contribution is 2.47. The highest BCUT2D eigenvalue weighted by atomic mass is 32.1. The molecule has 1 N–H and O–H groups in total. The Hall–Kier alpha value is -2.11. The van der Waals surface area contributed by atoms with E-state index in [0.29, 0.717) is 0 Å². The van der Waals surface area contributed by atoms with Gasteiger partial charge in [-0.05, 0) is 41.9 Å². The summed E-state index contributed by atoms with van der Waals surface area (Å²) >= 11 is 6.75. The number of allylic oxidation sites excluding steroid dienone is 1. The second-order valence-corrected chi connectivity index (χ2v) is 6.97. The second kappa shape index (κ2) is 5.26. The van der Waals surface area contributed by atoms with Crippen molar-refractivity contribution >= 4 is 29.1 Å². The summed E-state index contributed by atoms with van der Waals surface area (Å²) in [7, 11) is 0. The third-order valence-corrected chi connectivity index (χ3v) is 5.17. The molecule has 22 heavy (non-hydrogen) atoms. The summed E-state index contributed by atoms with van der Waals surface area (Å²) in [5.74, 6) is 0.171. The lowest BCUT2D eigenvalue weighted by molar-refractivity contribution is 0.903. The van der Waals surface area contributed by atoms with E-state index in [2.05, 4.69) is 52.4 Å². The molecule has 2 aromatic heterocycles. The first kappa shape index (κ1) is 13.5. The lowest BCUT2D eigenvalue weighted by Crippen LogP contribution is -1.98. The molecule has 0 saturated carbocycles. The molecule has 0 amide bonds. The van der Waals surface area contributed by atoms with Gasteiger partial charge in [-0.15, -0.1) is 0 Å². The zero-order chi connectivity index (χ0) is 15.1. The fourth-order valence-electron chi connectivity index (χ4n) is 3.14. The summed E-state index contributed by atoms with van der Waals surface area (Å²) in [6.45, 7) is 2.18. The lowest BCUT2D eigenvalue weighted by atomic mass is 9.97.